The van der Waals surface area contributed by atoms with Crippen molar-refractivity contribution in [1.29, 1.82) is 0 Å². The molecule has 4 atom stereocenters. The lowest BCUT2D eigenvalue weighted by atomic mass is 9.99. The SMILES string of the molecule is CC1(F)C(O)C(CO)OC1n1cnc2c(=O)nc(N)[nH]c21. The quantitative estimate of drug-likeness (QED) is 0.539. The van der Waals surface area contributed by atoms with E-state index < -0.39 is 36.3 Å². The number of nitrogens with two attached hydrogens (primary N) is 1. The van der Waals surface area contributed by atoms with E-state index in [9.17, 15) is 14.3 Å². The maximum atomic E-state index is 14.7. The van der Waals surface area contributed by atoms with Crippen LogP contribution in [0, 0.1) is 0 Å². The molecule has 0 aromatic carbocycles. The van der Waals surface area contributed by atoms with E-state index >= 15 is 0 Å². The Labute approximate surface area is 117 Å². The molecular weight excluding hydrogens is 285 g/mol. The molecule has 3 rings (SSSR count). The molecule has 1 fully saturated rings. The Balaban J connectivity index is 2.15. The predicted molar refractivity (Wildman–Crippen MR) is 69.1 cm³/mol. The molecule has 0 aliphatic carbocycles. The summed E-state index contributed by atoms with van der Waals surface area (Å²) in [5.74, 6) is -0.146. The van der Waals surface area contributed by atoms with Gasteiger partial charge in [0.1, 0.15) is 17.9 Å². The number of hydrogen-bond acceptors (Lipinski definition) is 7. The minimum atomic E-state index is -2.18. The van der Waals surface area contributed by atoms with E-state index in [0.29, 0.717) is 0 Å². The molecule has 0 saturated carbocycles. The molecule has 9 nitrogen and oxygen atoms in total. The van der Waals surface area contributed by atoms with Gasteiger partial charge < -0.3 is 25.7 Å². The first-order chi connectivity index (χ1) is 9.86. The summed E-state index contributed by atoms with van der Waals surface area (Å²) in [7, 11) is 0. The van der Waals surface area contributed by atoms with Gasteiger partial charge in [0.05, 0.1) is 12.9 Å². The van der Waals surface area contributed by atoms with Gasteiger partial charge in [-0.2, -0.15) is 4.98 Å². The molecule has 3 heterocycles. The highest BCUT2D eigenvalue weighted by molar-refractivity contribution is 5.70. The molecule has 0 radical (unpaired) electrons. The second-order valence-electron chi connectivity index (χ2n) is 5.08. The largest absolute Gasteiger partial charge is 0.394 e. The number of alkyl halides is 1. The van der Waals surface area contributed by atoms with Crippen molar-refractivity contribution in [1.82, 2.24) is 19.5 Å². The van der Waals surface area contributed by atoms with Crippen LogP contribution in [-0.4, -0.2) is 54.2 Å². The van der Waals surface area contributed by atoms with Gasteiger partial charge in [-0.1, -0.05) is 0 Å². The van der Waals surface area contributed by atoms with E-state index in [1.165, 1.54) is 10.9 Å². The summed E-state index contributed by atoms with van der Waals surface area (Å²) in [6.45, 7) is 0.608. The number of rotatable bonds is 2. The Morgan fingerprint density at radius 1 is 1.67 bits per heavy atom. The van der Waals surface area contributed by atoms with E-state index in [-0.39, 0.29) is 17.1 Å². The molecule has 0 bridgehead atoms. The Hall–Kier alpha value is -2.04. The molecule has 0 amide bonds. The summed E-state index contributed by atoms with van der Waals surface area (Å²) in [6, 6.07) is 0. The van der Waals surface area contributed by atoms with Gasteiger partial charge in [0.2, 0.25) is 5.95 Å². The van der Waals surface area contributed by atoms with Gasteiger partial charge in [0.25, 0.3) is 0 Å². The summed E-state index contributed by atoms with van der Waals surface area (Å²) in [4.78, 5) is 21.6. The van der Waals surface area contributed by atoms with E-state index in [1.807, 2.05) is 0 Å². The number of halogens is 1. The zero-order valence-corrected chi connectivity index (χ0v) is 11.0. The number of nitrogens with one attached hydrogen (secondary N) is 1. The van der Waals surface area contributed by atoms with Crippen molar-refractivity contribution in [2.75, 3.05) is 12.3 Å². The minimum Gasteiger partial charge on any atom is -0.394 e. The Kier molecular flexibility index (Phi) is 2.97. The third-order valence-electron chi connectivity index (χ3n) is 3.61. The number of H-pyrrole nitrogens is 1. The molecule has 0 spiro atoms. The standard InChI is InChI=1S/C11H14FN5O4/c1-11(12)6(19)4(2-18)21-9(11)17-3-14-5-7(17)15-10(13)16-8(5)20/h3-4,6,9,18-19H,2H2,1H3,(H3,13,15,16,20). The topological polar surface area (TPSA) is 139 Å². The fourth-order valence-corrected chi connectivity index (χ4v) is 2.49. The number of aliphatic hydroxyl groups excluding tert-OH is 2. The number of aliphatic hydroxyl groups is 2. The predicted octanol–water partition coefficient (Wildman–Crippen LogP) is -1.32. The highest BCUT2D eigenvalue weighted by Crippen LogP contribution is 2.41. The minimum absolute atomic E-state index is 0.0226. The summed E-state index contributed by atoms with van der Waals surface area (Å²) in [5, 5.41) is 19.0. The molecule has 2 aromatic heterocycles. The number of ether oxygens (including phenoxy) is 1. The lowest BCUT2D eigenvalue weighted by Crippen LogP contribution is -2.40. The molecule has 10 heteroatoms. The van der Waals surface area contributed by atoms with Crippen molar-refractivity contribution < 1.29 is 19.3 Å². The lowest BCUT2D eigenvalue weighted by Gasteiger charge is -2.24. The molecule has 1 aliphatic heterocycles. The maximum absolute atomic E-state index is 14.7. The second kappa shape index (κ2) is 4.48. The van der Waals surface area contributed by atoms with Gasteiger partial charge >= 0.3 is 5.56 Å². The molecule has 1 aliphatic rings. The van der Waals surface area contributed by atoms with Crippen molar-refractivity contribution in [3.8, 4) is 0 Å². The Morgan fingerprint density at radius 2 is 2.38 bits per heavy atom. The monoisotopic (exact) mass is 299 g/mol. The van der Waals surface area contributed by atoms with E-state index in [1.54, 1.807) is 0 Å². The lowest BCUT2D eigenvalue weighted by molar-refractivity contribution is -0.0566. The first-order valence-electron chi connectivity index (χ1n) is 6.22. The number of hydrogen-bond donors (Lipinski definition) is 4. The van der Waals surface area contributed by atoms with Gasteiger partial charge in [-0.3, -0.25) is 9.36 Å². The van der Waals surface area contributed by atoms with Gasteiger partial charge in [0, 0.05) is 0 Å². The van der Waals surface area contributed by atoms with E-state index in [4.69, 9.17) is 15.6 Å². The van der Waals surface area contributed by atoms with Crippen LogP contribution in [0.3, 0.4) is 0 Å². The molecule has 1 saturated heterocycles. The van der Waals surface area contributed by atoms with Crippen molar-refractivity contribution in [3.63, 3.8) is 0 Å². The molecule has 21 heavy (non-hydrogen) atoms. The number of imidazole rings is 1. The highest BCUT2D eigenvalue weighted by Gasteiger charge is 2.55. The summed E-state index contributed by atoms with van der Waals surface area (Å²) in [6.07, 6.45) is -2.67. The Morgan fingerprint density at radius 3 is 3.00 bits per heavy atom. The first-order valence-corrected chi connectivity index (χ1v) is 6.22. The average Bonchev–Trinajstić information content (AvgIpc) is 2.91. The second-order valence-corrected chi connectivity index (χ2v) is 5.08. The summed E-state index contributed by atoms with van der Waals surface area (Å²) >= 11 is 0. The van der Waals surface area contributed by atoms with E-state index in [0.717, 1.165) is 6.92 Å². The number of aromatic amines is 1. The number of nitrogen functional groups attached to an aromatic ring is 1. The zero-order chi connectivity index (χ0) is 15.4. The van der Waals surface area contributed by atoms with Crippen LogP contribution in [0.4, 0.5) is 10.3 Å². The van der Waals surface area contributed by atoms with Crippen molar-refractivity contribution in [3.05, 3.63) is 16.7 Å². The normalized spacial score (nSPS) is 32.9. The first kappa shape index (κ1) is 13.9. The van der Waals surface area contributed by atoms with Crippen LogP contribution in [0.15, 0.2) is 11.1 Å². The zero-order valence-electron chi connectivity index (χ0n) is 11.0. The van der Waals surface area contributed by atoms with Gasteiger partial charge in [-0.05, 0) is 6.92 Å². The molecular formula is C11H14FN5O4. The highest BCUT2D eigenvalue weighted by atomic mass is 19.1. The fourth-order valence-electron chi connectivity index (χ4n) is 2.49. The molecule has 2 aromatic rings. The van der Waals surface area contributed by atoms with Gasteiger partial charge in [0.15, 0.2) is 17.4 Å². The summed E-state index contributed by atoms with van der Waals surface area (Å²) in [5.41, 5.74) is 2.74. The summed E-state index contributed by atoms with van der Waals surface area (Å²) < 4.78 is 21.3. The van der Waals surface area contributed by atoms with Crippen molar-refractivity contribution in [2.24, 2.45) is 0 Å². The van der Waals surface area contributed by atoms with Crippen molar-refractivity contribution >= 4 is 17.1 Å². The van der Waals surface area contributed by atoms with Gasteiger partial charge in [-0.25, -0.2) is 9.37 Å². The Bertz CT molecular complexity index is 742. The van der Waals surface area contributed by atoms with Crippen LogP contribution in [0.2, 0.25) is 0 Å². The number of fused-ring (bicyclic) bond motifs is 1. The third-order valence-corrected chi connectivity index (χ3v) is 3.61. The maximum Gasteiger partial charge on any atom is 0.302 e. The number of anilines is 1. The van der Waals surface area contributed by atoms with Crippen LogP contribution in [0.25, 0.3) is 11.2 Å². The van der Waals surface area contributed by atoms with Crippen LogP contribution in [-0.2, 0) is 4.74 Å². The molecule has 4 unspecified atom stereocenters. The van der Waals surface area contributed by atoms with Crippen LogP contribution in [0.5, 0.6) is 0 Å². The smallest absolute Gasteiger partial charge is 0.302 e. The van der Waals surface area contributed by atoms with Crippen LogP contribution < -0.4 is 11.3 Å². The number of aromatic nitrogens is 4. The third kappa shape index (κ3) is 1.91. The molecule has 114 valence electrons. The van der Waals surface area contributed by atoms with E-state index in [2.05, 4.69) is 15.0 Å². The molecule has 5 N–H and O–H groups in total. The number of nitrogens with zero attached hydrogens (tertiary/aromatic N) is 3. The average molecular weight is 299 g/mol. The van der Waals surface area contributed by atoms with Crippen LogP contribution >= 0.6 is 0 Å². The fraction of sp³-hybridized carbons (Fsp3) is 0.545. The van der Waals surface area contributed by atoms with Crippen molar-refractivity contribution in [2.45, 2.75) is 31.0 Å². The van der Waals surface area contributed by atoms with Crippen LogP contribution in [0.1, 0.15) is 13.2 Å². The van der Waals surface area contributed by atoms with Gasteiger partial charge in [-0.15, -0.1) is 0 Å².